The molecule has 7 heteroatoms. The van der Waals surface area contributed by atoms with E-state index in [1.54, 1.807) is 42.5 Å². The molecule has 0 aliphatic carbocycles. The molecule has 2 aromatic rings. The van der Waals surface area contributed by atoms with Gasteiger partial charge in [0.1, 0.15) is 0 Å². The van der Waals surface area contributed by atoms with Crippen LogP contribution in [0, 0.1) is 6.92 Å². The van der Waals surface area contributed by atoms with E-state index in [1.807, 2.05) is 6.92 Å². The first-order valence-electron chi connectivity index (χ1n) is 8.53. The average Bonchev–Trinajstić information content (AvgIpc) is 3.13. The third-order valence-electron chi connectivity index (χ3n) is 4.22. The van der Waals surface area contributed by atoms with Crippen molar-refractivity contribution in [3.63, 3.8) is 0 Å². The van der Waals surface area contributed by atoms with Crippen molar-refractivity contribution in [3.05, 3.63) is 59.7 Å². The predicted molar refractivity (Wildman–Crippen MR) is 99.7 cm³/mol. The molecule has 1 aliphatic heterocycles. The van der Waals surface area contributed by atoms with Crippen molar-refractivity contribution in [2.24, 2.45) is 0 Å². The van der Waals surface area contributed by atoms with E-state index in [0.29, 0.717) is 17.8 Å². The SMILES string of the molecule is Cc1ccc(S(=O)(=O)Nc2cccc(C(=O)NC[C@@H]3CCCO3)c2)cc1. The summed E-state index contributed by atoms with van der Waals surface area (Å²) in [4.78, 5) is 12.5. The molecule has 1 amide bonds. The molecule has 0 aromatic heterocycles. The largest absolute Gasteiger partial charge is 0.376 e. The van der Waals surface area contributed by atoms with Gasteiger partial charge in [-0.15, -0.1) is 0 Å². The molecule has 0 unspecified atom stereocenters. The predicted octanol–water partition coefficient (Wildman–Crippen LogP) is 2.70. The van der Waals surface area contributed by atoms with Gasteiger partial charge in [-0.3, -0.25) is 9.52 Å². The number of carbonyl (C=O) groups excluding carboxylic acids is 1. The Labute approximate surface area is 153 Å². The van der Waals surface area contributed by atoms with Gasteiger partial charge in [0, 0.05) is 24.4 Å². The fraction of sp³-hybridized carbons (Fsp3) is 0.316. The van der Waals surface area contributed by atoms with Crippen LogP contribution in [0.15, 0.2) is 53.4 Å². The molecule has 0 spiro atoms. The minimum absolute atomic E-state index is 0.0576. The zero-order chi connectivity index (χ0) is 18.6. The molecule has 138 valence electrons. The van der Waals surface area contributed by atoms with E-state index in [4.69, 9.17) is 4.74 Å². The van der Waals surface area contributed by atoms with Crippen LogP contribution in [0.4, 0.5) is 5.69 Å². The molecule has 3 rings (SSSR count). The number of benzene rings is 2. The van der Waals surface area contributed by atoms with Gasteiger partial charge in [0.15, 0.2) is 0 Å². The van der Waals surface area contributed by atoms with E-state index in [-0.39, 0.29) is 16.9 Å². The van der Waals surface area contributed by atoms with Gasteiger partial charge in [0.2, 0.25) is 0 Å². The molecular formula is C19H22N2O4S. The molecule has 1 atom stereocenters. The van der Waals surface area contributed by atoms with Crippen LogP contribution in [0.3, 0.4) is 0 Å². The Morgan fingerprint density at radius 3 is 2.65 bits per heavy atom. The van der Waals surface area contributed by atoms with E-state index in [9.17, 15) is 13.2 Å². The van der Waals surface area contributed by atoms with Crippen molar-refractivity contribution in [3.8, 4) is 0 Å². The molecule has 0 radical (unpaired) electrons. The summed E-state index contributed by atoms with van der Waals surface area (Å²) in [5.74, 6) is -0.253. The van der Waals surface area contributed by atoms with Crippen LogP contribution in [0.2, 0.25) is 0 Å². The molecule has 0 bridgehead atoms. The molecule has 1 saturated heterocycles. The first-order valence-corrected chi connectivity index (χ1v) is 10.0. The number of nitrogens with one attached hydrogen (secondary N) is 2. The number of amides is 1. The molecule has 26 heavy (non-hydrogen) atoms. The summed E-state index contributed by atoms with van der Waals surface area (Å²) in [5.41, 5.74) is 1.72. The summed E-state index contributed by atoms with van der Waals surface area (Å²) < 4.78 is 32.9. The number of rotatable bonds is 6. The molecule has 1 aliphatic rings. The van der Waals surface area contributed by atoms with E-state index in [2.05, 4.69) is 10.0 Å². The normalized spacial score (nSPS) is 17.0. The number of hydrogen-bond acceptors (Lipinski definition) is 4. The first kappa shape index (κ1) is 18.4. The molecule has 6 nitrogen and oxygen atoms in total. The lowest BCUT2D eigenvalue weighted by Crippen LogP contribution is -2.31. The minimum Gasteiger partial charge on any atom is -0.376 e. The van der Waals surface area contributed by atoms with Crippen LogP contribution in [0.5, 0.6) is 0 Å². The maximum absolute atomic E-state index is 12.5. The number of anilines is 1. The lowest BCUT2D eigenvalue weighted by atomic mass is 10.2. The summed E-state index contributed by atoms with van der Waals surface area (Å²) in [6.45, 7) is 3.08. The molecular weight excluding hydrogens is 352 g/mol. The fourth-order valence-electron chi connectivity index (χ4n) is 2.77. The van der Waals surface area contributed by atoms with Gasteiger partial charge in [0.25, 0.3) is 15.9 Å². The quantitative estimate of drug-likeness (QED) is 0.814. The zero-order valence-corrected chi connectivity index (χ0v) is 15.4. The summed E-state index contributed by atoms with van der Waals surface area (Å²) in [6.07, 6.45) is 2.01. The van der Waals surface area contributed by atoms with E-state index in [1.165, 1.54) is 6.07 Å². The summed E-state index contributed by atoms with van der Waals surface area (Å²) in [6, 6.07) is 13.0. The van der Waals surface area contributed by atoms with Crippen molar-refractivity contribution in [2.75, 3.05) is 17.9 Å². The number of aryl methyl sites for hydroxylation is 1. The lowest BCUT2D eigenvalue weighted by Gasteiger charge is -2.12. The smallest absolute Gasteiger partial charge is 0.261 e. The Balaban J connectivity index is 1.68. The summed E-state index contributed by atoms with van der Waals surface area (Å²) in [5, 5.41) is 2.83. The van der Waals surface area contributed by atoms with Gasteiger partial charge in [-0.2, -0.15) is 0 Å². The second-order valence-corrected chi connectivity index (χ2v) is 8.03. The maximum atomic E-state index is 12.5. The van der Waals surface area contributed by atoms with Crippen molar-refractivity contribution in [2.45, 2.75) is 30.8 Å². The second kappa shape index (κ2) is 7.88. The molecule has 2 N–H and O–H groups in total. The highest BCUT2D eigenvalue weighted by atomic mass is 32.2. The van der Waals surface area contributed by atoms with Crippen LogP contribution in [-0.4, -0.2) is 33.6 Å². The lowest BCUT2D eigenvalue weighted by molar-refractivity contribution is 0.0858. The third kappa shape index (κ3) is 4.62. The van der Waals surface area contributed by atoms with Crippen molar-refractivity contribution >= 4 is 21.6 Å². The van der Waals surface area contributed by atoms with Crippen LogP contribution in [0.25, 0.3) is 0 Å². The topological polar surface area (TPSA) is 84.5 Å². The summed E-state index contributed by atoms with van der Waals surface area (Å²) >= 11 is 0. The minimum atomic E-state index is -3.70. The third-order valence-corrected chi connectivity index (χ3v) is 5.62. The number of ether oxygens (including phenoxy) is 1. The first-order chi connectivity index (χ1) is 12.4. The van der Waals surface area contributed by atoms with Crippen molar-refractivity contribution in [1.82, 2.24) is 5.32 Å². The highest BCUT2D eigenvalue weighted by Gasteiger charge is 2.18. The molecule has 1 fully saturated rings. The van der Waals surface area contributed by atoms with Gasteiger partial charge < -0.3 is 10.1 Å². The van der Waals surface area contributed by atoms with Crippen LogP contribution in [-0.2, 0) is 14.8 Å². The van der Waals surface area contributed by atoms with Crippen LogP contribution >= 0.6 is 0 Å². The molecule has 0 saturated carbocycles. The van der Waals surface area contributed by atoms with Crippen LogP contribution in [0.1, 0.15) is 28.8 Å². The Kier molecular flexibility index (Phi) is 5.58. The monoisotopic (exact) mass is 374 g/mol. The fourth-order valence-corrected chi connectivity index (χ4v) is 3.82. The van der Waals surface area contributed by atoms with Crippen molar-refractivity contribution < 1.29 is 17.9 Å². The number of sulfonamides is 1. The molecule has 2 aromatic carbocycles. The highest BCUT2D eigenvalue weighted by Crippen LogP contribution is 2.18. The van der Waals surface area contributed by atoms with E-state index in [0.717, 1.165) is 25.0 Å². The van der Waals surface area contributed by atoms with Gasteiger partial charge in [-0.05, 0) is 50.1 Å². The Morgan fingerprint density at radius 2 is 1.96 bits per heavy atom. The van der Waals surface area contributed by atoms with Crippen molar-refractivity contribution in [1.29, 1.82) is 0 Å². The second-order valence-electron chi connectivity index (χ2n) is 6.34. The van der Waals surface area contributed by atoms with E-state index >= 15 is 0 Å². The zero-order valence-electron chi connectivity index (χ0n) is 14.6. The van der Waals surface area contributed by atoms with Gasteiger partial charge in [0.05, 0.1) is 11.0 Å². The standard InChI is InChI=1S/C19H22N2O4S/c1-14-7-9-18(10-8-14)26(23,24)21-16-5-2-4-15(12-16)19(22)20-13-17-6-3-11-25-17/h2,4-5,7-10,12,17,21H,3,6,11,13H2,1H3,(H,20,22)/t17-/m0/s1. The Morgan fingerprint density at radius 1 is 1.19 bits per heavy atom. The number of carbonyl (C=O) groups is 1. The number of hydrogen-bond donors (Lipinski definition) is 2. The van der Waals surface area contributed by atoms with Gasteiger partial charge in [-0.1, -0.05) is 23.8 Å². The molecule has 1 heterocycles. The Bertz CT molecular complexity index is 873. The van der Waals surface area contributed by atoms with Gasteiger partial charge >= 0.3 is 0 Å². The average molecular weight is 374 g/mol. The maximum Gasteiger partial charge on any atom is 0.261 e. The van der Waals surface area contributed by atoms with Gasteiger partial charge in [-0.25, -0.2) is 8.42 Å². The Hall–Kier alpha value is -2.38. The summed E-state index contributed by atoms with van der Waals surface area (Å²) in [7, 11) is -3.70. The van der Waals surface area contributed by atoms with Crippen LogP contribution < -0.4 is 10.0 Å². The van der Waals surface area contributed by atoms with E-state index < -0.39 is 10.0 Å². The highest BCUT2D eigenvalue weighted by molar-refractivity contribution is 7.92.